The number of unbranched alkanes of at least 4 members (excludes halogenated alkanes) is 1. The van der Waals surface area contributed by atoms with Gasteiger partial charge in [-0.15, -0.1) is 0 Å². The van der Waals surface area contributed by atoms with E-state index in [1.165, 1.54) is 0 Å². The number of nitrogens with one attached hydrogen (secondary N) is 2. The van der Waals surface area contributed by atoms with Gasteiger partial charge in [0, 0.05) is 49.7 Å². The van der Waals surface area contributed by atoms with Crippen LogP contribution in [0.15, 0.2) is 54.6 Å². The number of hydrogen-bond acceptors (Lipinski definition) is 3. The Bertz CT molecular complexity index is 769. The van der Waals surface area contributed by atoms with E-state index >= 15 is 0 Å². The van der Waals surface area contributed by atoms with Crippen LogP contribution in [0.2, 0.25) is 0 Å². The van der Waals surface area contributed by atoms with E-state index in [2.05, 4.69) is 22.5 Å². The average molecular weight is 380 g/mol. The van der Waals surface area contributed by atoms with Crippen molar-refractivity contribution in [1.82, 2.24) is 10.2 Å². The standard InChI is InChI=1S/C22H28N4O2/c1-2-3-13-23-22(28)26-16-14-25(15-17-26)20-11-9-19(10-12-20)24-21(27)18-7-5-4-6-8-18/h4-12H,2-3,13-17H2,1H3,(H,23,28)(H,24,27). The predicted molar refractivity (Wildman–Crippen MR) is 113 cm³/mol. The van der Waals surface area contributed by atoms with Crippen LogP contribution in [0.25, 0.3) is 0 Å². The van der Waals surface area contributed by atoms with E-state index in [0.717, 1.165) is 43.9 Å². The molecule has 1 aliphatic rings. The molecule has 0 aliphatic carbocycles. The van der Waals surface area contributed by atoms with Crippen molar-refractivity contribution in [1.29, 1.82) is 0 Å². The van der Waals surface area contributed by atoms with Crippen molar-refractivity contribution in [2.75, 3.05) is 42.9 Å². The summed E-state index contributed by atoms with van der Waals surface area (Å²) in [5.41, 5.74) is 2.51. The smallest absolute Gasteiger partial charge is 0.317 e. The molecule has 0 unspecified atom stereocenters. The van der Waals surface area contributed by atoms with E-state index in [9.17, 15) is 9.59 Å². The van der Waals surface area contributed by atoms with E-state index in [0.29, 0.717) is 18.7 Å². The lowest BCUT2D eigenvalue weighted by Crippen LogP contribution is -2.52. The van der Waals surface area contributed by atoms with Crippen LogP contribution in [-0.4, -0.2) is 49.6 Å². The first-order chi connectivity index (χ1) is 13.7. The van der Waals surface area contributed by atoms with Crippen molar-refractivity contribution in [3.63, 3.8) is 0 Å². The number of rotatable bonds is 6. The molecule has 1 fully saturated rings. The minimum atomic E-state index is -0.115. The Hall–Kier alpha value is -3.02. The third kappa shape index (κ3) is 5.25. The highest BCUT2D eigenvalue weighted by molar-refractivity contribution is 6.04. The lowest BCUT2D eigenvalue weighted by molar-refractivity contribution is 0.102. The fraction of sp³-hybridized carbons (Fsp3) is 0.364. The van der Waals surface area contributed by atoms with Gasteiger partial charge >= 0.3 is 6.03 Å². The monoisotopic (exact) mass is 380 g/mol. The van der Waals surface area contributed by atoms with Crippen molar-refractivity contribution >= 4 is 23.3 Å². The van der Waals surface area contributed by atoms with Crippen LogP contribution in [0, 0.1) is 0 Å². The Kier molecular flexibility index (Phi) is 6.89. The summed E-state index contributed by atoms with van der Waals surface area (Å²) in [5, 5.41) is 5.89. The normalized spacial score (nSPS) is 13.9. The summed E-state index contributed by atoms with van der Waals surface area (Å²) in [4.78, 5) is 28.5. The summed E-state index contributed by atoms with van der Waals surface area (Å²) in [6.45, 7) is 5.89. The molecule has 0 saturated carbocycles. The topological polar surface area (TPSA) is 64.7 Å². The fourth-order valence-corrected chi connectivity index (χ4v) is 3.20. The highest BCUT2D eigenvalue weighted by Gasteiger charge is 2.21. The molecule has 2 aromatic carbocycles. The maximum Gasteiger partial charge on any atom is 0.317 e. The Labute approximate surface area is 166 Å². The molecule has 1 saturated heterocycles. The number of carbonyl (C=O) groups excluding carboxylic acids is 2. The molecule has 1 heterocycles. The highest BCUT2D eigenvalue weighted by Crippen LogP contribution is 2.20. The highest BCUT2D eigenvalue weighted by atomic mass is 16.2. The zero-order valence-electron chi connectivity index (χ0n) is 16.4. The maximum absolute atomic E-state index is 12.2. The molecule has 28 heavy (non-hydrogen) atoms. The van der Waals surface area contributed by atoms with E-state index in [4.69, 9.17) is 0 Å². The molecule has 1 aliphatic heterocycles. The van der Waals surface area contributed by atoms with Crippen molar-refractivity contribution in [3.8, 4) is 0 Å². The lowest BCUT2D eigenvalue weighted by atomic mass is 10.2. The van der Waals surface area contributed by atoms with Crippen LogP contribution in [0.3, 0.4) is 0 Å². The molecular formula is C22H28N4O2. The number of nitrogens with zero attached hydrogens (tertiary/aromatic N) is 2. The Morgan fingerprint density at radius 3 is 2.25 bits per heavy atom. The Balaban J connectivity index is 1.49. The number of amides is 3. The number of carbonyl (C=O) groups is 2. The van der Waals surface area contributed by atoms with Gasteiger partial charge in [0.2, 0.25) is 0 Å². The average Bonchev–Trinajstić information content (AvgIpc) is 2.75. The summed E-state index contributed by atoms with van der Waals surface area (Å²) >= 11 is 0. The van der Waals surface area contributed by atoms with Crippen molar-refractivity contribution in [3.05, 3.63) is 60.2 Å². The molecule has 2 aromatic rings. The second kappa shape index (κ2) is 9.78. The van der Waals surface area contributed by atoms with Gasteiger partial charge in [-0.05, 0) is 42.8 Å². The SMILES string of the molecule is CCCCNC(=O)N1CCN(c2ccc(NC(=O)c3ccccc3)cc2)CC1. The third-order valence-corrected chi connectivity index (χ3v) is 4.90. The molecule has 6 nitrogen and oxygen atoms in total. The van der Waals surface area contributed by atoms with Crippen molar-refractivity contribution in [2.24, 2.45) is 0 Å². The first-order valence-corrected chi connectivity index (χ1v) is 9.91. The summed E-state index contributed by atoms with van der Waals surface area (Å²) < 4.78 is 0. The fourth-order valence-electron chi connectivity index (χ4n) is 3.20. The van der Waals surface area contributed by atoms with Crippen LogP contribution in [-0.2, 0) is 0 Å². The van der Waals surface area contributed by atoms with Crippen LogP contribution >= 0.6 is 0 Å². The lowest BCUT2D eigenvalue weighted by Gasteiger charge is -2.36. The molecule has 0 aromatic heterocycles. The number of anilines is 2. The maximum atomic E-state index is 12.2. The second-order valence-electron chi connectivity index (χ2n) is 6.93. The number of piperazine rings is 1. The minimum absolute atomic E-state index is 0.0343. The van der Waals surface area contributed by atoms with E-state index in [-0.39, 0.29) is 11.9 Å². The van der Waals surface area contributed by atoms with Crippen molar-refractivity contribution in [2.45, 2.75) is 19.8 Å². The molecule has 3 amide bonds. The molecule has 0 bridgehead atoms. The molecule has 3 rings (SSSR count). The zero-order valence-corrected chi connectivity index (χ0v) is 16.4. The molecule has 6 heteroatoms. The van der Waals surface area contributed by atoms with Gasteiger partial charge in [-0.25, -0.2) is 4.79 Å². The predicted octanol–water partition coefficient (Wildman–Crippen LogP) is 3.57. The first-order valence-electron chi connectivity index (χ1n) is 9.91. The minimum Gasteiger partial charge on any atom is -0.368 e. The summed E-state index contributed by atoms with van der Waals surface area (Å²) in [6.07, 6.45) is 2.09. The van der Waals surface area contributed by atoms with Gasteiger partial charge in [0.05, 0.1) is 0 Å². The number of urea groups is 1. The molecule has 2 N–H and O–H groups in total. The molecule has 0 spiro atoms. The van der Waals surface area contributed by atoms with E-state index < -0.39 is 0 Å². The van der Waals surface area contributed by atoms with Gasteiger partial charge in [-0.3, -0.25) is 4.79 Å². The zero-order chi connectivity index (χ0) is 19.8. The number of hydrogen-bond donors (Lipinski definition) is 2. The Morgan fingerprint density at radius 2 is 1.61 bits per heavy atom. The molecule has 0 radical (unpaired) electrons. The van der Waals surface area contributed by atoms with Crippen LogP contribution in [0.4, 0.5) is 16.2 Å². The first kappa shape index (κ1) is 19.7. The van der Waals surface area contributed by atoms with E-state index in [1.807, 2.05) is 47.4 Å². The summed E-state index contributed by atoms with van der Waals surface area (Å²) in [7, 11) is 0. The largest absolute Gasteiger partial charge is 0.368 e. The van der Waals surface area contributed by atoms with Gasteiger partial charge in [0.1, 0.15) is 0 Å². The molecular weight excluding hydrogens is 352 g/mol. The van der Waals surface area contributed by atoms with Crippen molar-refractivity contribution < 1.29 is 9.59 Å². The quantitative estimate of drug-likeness (QED) is 0.753. The summed E-state index contributed by atoms with van der Waals surface area (Å²) in [5.74, 6) is -0.115. The van der Waals surface area contributed by atoms with Crippen LogP contribution < -0.4 is 15.5 Å². The van der Waals surface area contributed by atoms with E-state index in [1.54, 1.807) is 12.1 Å². The Morgan fingerprint density at radius 1 is 0.929 bits per heavy atom. The van der Waals surface area contributed by atoms with Gasteiger partial charge in [-0.2, -0.15) is 0 Å². The van der Waals surface area contributed by atoms with Crippen LogP contribution in [0.1, 0.15) is 30.1 Å². The third-order valence-electron chi connectivity index (χ3n) is 4.90. The van der Waals surface area contributed by atoms with Crippen LogP contribution in [0.5, 0.6) is 0 Å². The van der Waals surface area contributed by atoms with Gasteiger partial charge < -0.3 is 20.4 Å². The molecule has 148 valence electrons. The summed E-state index contributed by atoms with van der Waals surface area (Å²) in [6, 6.07) is 17.1. The number of benzene rings is 2. The van der Waals surface area contributed by atoms with Gasteiger partial charge in [-0.1, -0.05) is 31.5 Å². The van der Waals surface area contributed by atoms with Gasteiger partial charge in [0.15, 0.2) is 0 Å². The second-order valence-corrected chi connectivity index (χ2v) is 6.93. The molecule has 0 atom stereocenters. The van der Waals surface area contributed by atoms with Gasteiger partial charge in [0.25, 0.3) is 5.91 Å².